The highest BCUT2D eigenvalue weighted by Crippen LogP contribution is 2.25. The molecule has 0 spiro atoms. The van der Waals surface area contributed by atoms with Crippen LogP contribution in [0.4, 0.5) is 0 Å². The fourth-order valence-electron chi connectivity index (χ4n) is 1.27. The normalized spacial score (nSPS) is 28.5. The lowest BCUT2D eigenvalue weighted by atomic mass is 10.3. The van der Waals surface area contributed by atoms with E-state index >= 15 is 0 Å². The topological polar surface area (TPSA) is 67.3 Å². The van der Waals surface area contributed by atoms with E-state index in [0.717, 1.165) is 5.70 Å². The van der Waals surface area contributed by atoms with Gasteiger partial charge in [0.1, 0.15) is 6.17 Å². The molecule has 2 aliphatic rings. The fraction of sp³-hybridized carbons (Fsp3) is 0.500. The summed E-state index contributed by atoms with van der Waals surface area (Å²) in [5.41, 5.74) is 6.29. The Balaban J connectivity index is 1.94. The summed E-state index contributed by atoms with van der Waals surface area (Å²) in [4.78, 5) is 0. The first-order valence-electron chi connectivity index (χ1n) is 4.20. The fourth-order valence-corrected chi connectivity index (χ4v) is 1.27. The van der Waals surface area contributed by atoms with Crippen LogP contribution in [0.5, 0.6) is 0 Å². The SMILES string of the molecule is NC1=CNC(N(N)C2CC2)C=C1. The molecular weight excluding hydrogens is 152 g/mol. The van der Waals surface area contributed by atoms with Crippen LogP contribution in [-0.2, 0) is 0 Å². The summed E-state index contributed by atoms with van der Waals surface area (Å²) in [7, 11) is 0. The Kier molecular flexibility index (Phi) is 1.78. The van der Waals surface area contributed by atoms with Crippen molar-refractivity contribution < 1.29 is 0 Å². The molecule has 0 saturated heterocycles. The van der Waals surface area contributed by atoms with Crippen LogP contribution in [0.1, 0.15) is 12.8 Å². The van der Waals surface area contributed by atoms with Crippen molar-refractivity contribution in [2.75, 3.05) is 0 Å². The summed E-state index contributed by atoms with van der Waals surface area (Å²) >= 11 is 0. The Morgan fingerprint density at radius 2 is 2.25 bits per heavy atom. The highest BCUT2D eigenvalue weighted by Gasteiger charge is 2.30. The summed E-state index contributed by atoms with van der Waals surface area (Å²) in [6.07, 6.45) is 8.18. The first kappa shape index (κ1) is 7.64. The molecule has 1 aliphatic heterocycles. The third-order valence-corrected chi connectivity index (χ3v) is 2.18. The molecule has 12 heavy (non-hydrogen) atoms. The quantitative estimate of drug-likeness (QED) is 0.386. The molecule has 4 heteroatoms. The van der Waals surface area contributed by atoms with Gasteiger partial charge in [-0.2, -0.15) is 0 Å². The second kappa shape index (κ2) is 2.80. The molecule has 1 fully saturated rings. The number of hydrogen-bond acceptors (Lipinski definition) is 4. The van der Waals surface area contributed by atoms with Gasteiger partial charge in [0.05, 0.1) is 0 Å². The van der Waals surface area contributed by atoms with E-state index in [0.29, 0.717) is 6.04 Å². The van der Waals surface area contributed by atoms with Gasteiger partial charge in [-0.15, -0.1) is 0 Å². The van der Waals surface area contributed by atoms with Crippen molar-refractivity contribution in [2.45, 2.75) is 25.0 Å². The Morgan fingerprint density at radius 3 is 2.75 bits per heavy atom. The molecule has 1 heterocycles. The van der Waals surface area contributed by atoms with Crippen molar-refractivity contribution in [3.05, 3.63) is 24.0 Å². The molecule has 1 saturated carbocycles. The van der Waals surface area contributed by atoms with Crippen LogP contribution in [0, 0.1) is 0 Å². The summed E-state index contributed by atoms with van der Waals surface area (Å²) in [5.74, 6) is 5.85. The van der Waals surface area contributed by atoms with E-state index in [-0.39, 0.29) is 6.17 Å². The van der Waals surface area contributed by atoms with E-state index < -0.39 is 0 Å². The molecule has 0 aromatic carbocycles. The number of nitrogens with one attached hydrogen (secondary N) is 1. The van der Waals surface area contributed by atoms with Crippen LogP contribution in [-0.4, -0.2) is 17.2 Å². The van der Waals surface area contributed by atoms with E-state index in [4.69, 9.17) is 11.6 Å². The van der Waals surface area contributed by atoms with Gasteiger partial charge < -0.3 is 11.1 Å². The minimum Gasteiger partial charge on any atom is -0.398 e. The van der Waals surface area contributed by atoms with Crippen molar-refractivity contribution in [3.8, 4) is 0 Å². The van der Waals surface area contributed by atoms with Crippen molar-refractivity contribution >= 4 is 0 Å². The maximum absolute atomic E-state index is 5.85. The lowest BCUT2D eigenvalue weighted by molar-refractivity contribution is 0.206. The maximum atomic E-state index is 5.85. The lowest BCUT2D eigenvalue weighted by Gasteiger charge is -2.26. The molecule has 4 nitrogen and oxygen atoms in total. The number of allylic oxidation sites excluding steroid dienone is 1. The van der Waals surface area contributed by atoms with Crippen molar-refractivity contribution in [1.29, 1.82) is 0 Å². The molecule has 1 atom stereocenters. The lowest BCUT2D eigenvalue weighted by Crippen LogP contribution is -2.49. The van der Waals surface area contributed by atoms with Gasteiger partial charge in [0, 0.05) is 17.9 Å². The summed E-state index contributed by atoms with van der Waals surface area (Å²) in [5, 5.41) is 4.96. The van der Waals surface area contributed by atoms with Crippen molar-refractivity contribution in [1.82, 2.24) is 10.3 Å². The number of rotatable bonds is 2. The Morgan fingerprint density at radius 1 is 1.50 bits per heavy atom. The zero-order valence-corrected chi connectivity index (χ0v) is 6.90. The molecule has 1 aliphatic carbocycles. The molecule has 66 valence electrons. The monoisotopic (exact) mass is 166 g/mol. The molecular formula is C8H14N4. The molecule has 0 bridgehead atoms. The van der Waals surface area contributed by atoms with Crippen LogP contribution in [0.2, 0.25) is 0 Å². The molecule has 0 amide bonds. The number of nitrogens with zero attached hydrogens (tertiary/aromatic N) is 1. The highest BCUT2D eigenvalue weighted by atomic mass is 15.5. The minimum atomic E-state index is 0.116. The summed E-state index contributed by atoms with van der Waals surface area (Å²) < 4.78 is 0. The van der Waals surface area contributed by atoms with Gasteiger partial charge in [-0.25, -0.2) is 5.01 Å². The van der Waals surface area contributed by atoms with Gasteiger partial charge in [-0.05, 0) is 25.0 Å². The van der Waals surface area contributed by atoms with E-state index in [9.17, 15) is 0 Å². The Labute approximate surface area is 71.9 Å². The molecule has 0 radical (unpaired) electrons. The first-order chi connectivity index (χ1) is 5.77. The number of hydrazine groups is 1. The first-order valence-corrected chi connectivity index (χ1v) is 4.20. The molecule has 2 rings (SSSR count). The third kappa shape index (κ3) is 1.44. The van der Waals surface area contributed by atoms with Gasteiger partial charge in [-0.3, -0.25) is 5.84 Å². The third-order valence-electron chi connectivity index (χ3n) is 2.18. The van der Waals surface area contributed by atoms with Crippen molar-refractivity contribution in [2.24, 2.45) is 11.6 Å². The molecule has 0 aromatic heterocycles. The zero-order chi connectivity index (χ0) is 8.55. The maximum Gasteiger partial charge on any atom is 0.112 e. The number of nitrogens with two attached hydrogens (primary N) is 2. The Bertz CT molecular complexity index is 229. The predicted molar refractivity (Wildman–Crippen MR) is 47.4 cm³/mol. The van der Waals surface area contributed by atoms with Gasteiger partial charge in [0.25, 0.3) is 0 Å². The molecule has 5 N–H and O–H groups in total. The molecule has 0 aromatic rings. The van der Waals surface area contributed by atoms with Gasteiger partial charge in [-0.1, -0.05) is 0 Å². The van der Waals surface area contributed by atoms with Crippen LogP contribution in [0.25, 0.3) is 0 Å². The van der Waals surface area contributed by atoms with E-state index in [1.165, 1.54) is 12.8 Å². The number of hydrogen-bond donors (Lipinski definition) is 3. The van der Waals surface area contributed by atoms with Gasteiger partial charge in [0.2, 0.25) is 0 Å². The highest BCUT2D eigenvalue weighted by molar-refractivity contribution is 5.20. The number of dihydropyridines is 1. The zero-order valence-electron chi connectivity index (χ0n) is 6.90. The van der Waals surface area contributed by atoms with Crippen LogP contribution in [0.3, 0.4) is 0 Å². The van der Waals surface area contributed by atoms with E-state index in [2.05, 4.69) is 5.32 Å². The van der Waals surface area contributed by atoms with Gasteiger partial charge in [0.15, 0.2) is 0 Å². The average Bonchev–Trinajstić information content (AvgIpc) is 2.87. The smallest absolute Gasteiger partial charge is 0.112 e. The van der Waals surface area contributed by atoms with E-state index in [1.807, 2.05) is 17.2 Å². The van der Waals surface area contributed by atoms with E-state index in [1.54, 1.807) is 6.20 Å². The van der Waals surface area contributed by atoms with Crippen molar-refractivity contribution in [3.63, 3.8) is 0 Å². The Hall–Kier alpha value is -1.00. The average molecular weight is 166 g/mol. The summed E-state index contributed by atoms with van der Waals surface area (Å²) in [6.45, 7) is 0. The van der Waals surface area contributed by atoms with Crippen LogP contribution < -0.4 is 16.9 Å². The second-order valence-electron chi connectivity index (χ2n) is 3.29. The van der Waals surface area contributed by atoms with Crippen LogP contribution in [0.15, 0.2) is 24.0 Å². The standard InChI is InChI=1S/C8H14N4/c9-6-1-4-8(11-5-6)12(10)7-2-3-7/h1,4-5,7-8,11H,2-3,9-10H2. The summed E-state index contributed by atoms with van der Waals surface area (Å²) in [6, 6.07) is 0.555. The molecule has 1 unspecified atom stereocenters. The largest absolute Gasteiger partial charge is 0.398 e. The predicted octanol–water partition coefficient (Wildman–Crippen LogP) is -0.390. The van der Waals surface area contributed by atoms with Gasteiger partial charge >= 0.3 is 0 Å². The van der Waals surface area contributed by atoms with Crippen LogP contribution >= 0.6 is 0 Å². The minimum absolute atomic E-state index is 0.116. The second-order valence-corrected chi connectivity index (χ2v) is 3.29.